The Morgan fingerprint density at radius 1 is 1.38 bits per heavy atom. The standard InChI is InChI=1S/C8H13F3N4O/c1-7(2,16)4-15-6(8(9,10)11)5(3-12)13-14-15/h16H,3-4,12H2,1-2H3. The Balaban J connectivity index is 3.16. The monoisotopic (exact) mass is 238 g/mol. The van der Waals surface area contributed by atoms with Crippen molar-refractivity contribution in [2.45, 2.75) is 38.7 Å². The smallest absolute Gasteiger partial charge is 0.389 e. The van der Waals surface area contributed by atoms with Crippen molar-refractivity contribution in [2.24, 2.45) is 5.73 Å². The molecule has 1 aromatic rings. The SMILES string of the molecule is CC(C)(O)Cn1nnc(CN)c1C(F)(F)F. The second-order valence-corrected chi connectivity index (χ2v) is 4.06. The maximum Gasteiger partial charge on any atom is 0.434 e. The molecule has 0 bridgehead atoms. The molecule has 1 rings (SSSR count). The Bertz CT molecular complexity index is 366. The van der Waals surface area contributed by atoms with Gasteiger partial charge < -0.3 is 10.8 Å². The van der Waals surface area contributed by atoms with E-state index in [2.05, 4.69) is 10.3 Å². The second kappa shape index (κ2) is 4.02. The molecule has 0 amide bonds. The van der Waals surface area contributed by atoms with Crippen LogP contribution in [0.25, 0.3) is 0 Å². The summed E-state index contributed by atoms with van der Waals surface area (Å²) in [5.74, 6) is 0. The zero-order valence-electron chi connectivity index (χ0n) is 8.91. The first-order valence-electron chi connectivity index (χ1n) is 4.57. The van der Waals surface area contributed by atoms with Gasteiger partial charge in [0.15, 0.2) is 5.69 Å². The Kier molecular flexibility index (Phi) is 3.25. The predicted octanol–water partition coefficient (Wildman–Crippen LogP) is 0.526. The topological polar surface area (TPSA) is 77.0 Å². The third kappa shape index (κ3) is 2.92. The summed E-state index contributed by atoms with van der Waals surface area (Å²) in [6.45, 7) is 2.13. The van der Waals surface area contributed by atoms with Crippen molar-refractivity contribution in [3.63, 3.8) is 0 Å². The summed E-state index contributed by atoms with van der Waals surface area (Å²) < 4.78 is 38.6. The molecule has 16 heavy (non-hydrogen) atoms. The van der Waals surface area contributed by atoms with E-state index in [1.807, 2.05) is 0 Å². The van der Waals surface area contributed by atoms with Crippen LogP contribution in [0.5, 0.6) is 0 Å². The van der Waals surface area contributed by atoms with Gasteiger partial charge in [0, 0.05) is 6.54 Å². The first-order valence-corrected chi connectivity index (χ1v) is 4.57. The van der Waals surface area contributed by atoms with Gasteiger partial charge in [-0.25, -0.2) is 4.68 Å². The molecule has 0 unspecified atom stereocenters. The van der Waals surface area contributed by atoms with Gasteiger partial charge in [-0.2, -0.15) is 13.2 Å². The van der Waals surface area contributed by atoms with Crippen LogP contribution in [0, 0.1) is 0 Å². The highest BCUT2D eigenvalue weighted by molar-refractivity contribution is 5.13. The fraction of sp³-hybridized carbons (Fsp3) is 0.750. The van der Waals surface area contributed by atoms with Crippen molar-refractivity contribution < 1.29 is 18.3 Å². The number of rotatable bonds is 3. The molecule has 0 saturated carbocycles. The van der Waals surface area contributed by atoms with Crippen molar-refractivity contribution in [1.29, 1.82) is 0 Å². The van der Waals surface area contributed by atoms with Crippen LogP contribution in [0.15, 0.2) is 0 Å². The van der Waals surface area contributed by atoms with E-state index >= 15 is 0 Å². The molecule has 0 fully saturated rings. The van der Waals surface area contributed by atoms with Gasteiger partial charge in [-0.3, -0.25) is 0 Å². The molecular weight excluding hydrogens is 225 g/mol. The van der Waals surface area contributed by atoms with Crippen molar-refractivity contribution in [3.05, 3.63) is 11.4 Å². The van der Waals surface area contributed by atoms with Gasteiger partial charge in [-0.05, 0) is 13.8 Å². The lowest BCUT2D eigenvalue weighted by Gasteiger charge is -2.19. The number of halogens is 3. The van der Waals surface area contributed by atoms with Crippen molar-refractivity contribution in [2.75, 3.05) is 0 Å². The maximum absolute atomic E-state index is 12.7. The molecule has 0 spiro atoms. The predicted molar refractivity (Wildman–Crippen MR) is 49.2 cm³/mol. The zero-order chi connectivity index (χ0) is 12.6. The van der Waals surface area contributed by atoms with Crippen molar-refractivity contribution in [1.82, 2.24) is 15.0 Å². The Labute approximate surface area is 90.0 Å². The Morgan fingerprint density at radius 2 is 1.94 bits per heavy atom. The number of aromatic nitrogens is 3. The lowest BCUT2D eigenvalue weighted by Crippen LogP contribution is -2.30. The number of hydrogen-bond donors (Lipinski definition) is 2. The minimum atomic E-state index is -4.58. The number of aliphatic hydroxyl groups is 1. The molecule has 0 aliphatic carbocycles. The highest BCUT2D eigenvalue weighted by atomic mass is 19.4. The molecular formula is C8H13F3N4O. The molecule has 0 atom stereocenters. The third-order valence-corrected chi connectivity index (χ3v) is 1.80. The quantitative estimate of drug-likeness (QED) is 0.805. The molecule has 3 N–H and O–H groups in total. The molecule has 0 aliphatic rings. The molecule has 1 aromatic heterocycles. The minimum absolute atomic E-state index is 0.297. The minimum Gasteiger partial charge on any atom is -0.389 e. The number of alkyl halides is 3. The molecule has 0 aromatic carbocycles. The van der Waals surface area contributed by atoms with Gasteiger partial charge in [-0.1, -0.05) is 5.21 Å². The average molecular weight is 238 g/mol. The first-order chi connectivity index (χ1) is 7.15. The van der Waals surface area contributed by atoms with E-state index in [1.54, 1.807) is 0 Å². The van der Waals surface area contributed by atoms with E-state index < -0.39 is 17.5 Å². The fourth-order valence-corrected chi connectivity index (χ4v) is 1.27. The molecule has 5 nitrogen and oxygen atoms in total. The van der Waals surface area contributed by atoms with E-state index in [9.17, 15) is 18.3 Å². The van der Waals surface area contributed by atoms with Crippen LogP contribution in [0.2, 0.25) is 0 Å². The second-order valence-electron chi connectivity index (χ2n) is 4.06. The van der Waals surface area contributed by atoms with E-state index in [-0.39, 0.29) is 18.8 Å². The maximum atomic E-state index is 12.7. The van der Waals surface area contributed by atoms with Crippen molar-refractivity contribution in [3.8, 4) is 0 Å². The van der Waals surface area contributed by atoms with Gasteiger partial charge >= 0.3 is 6.18 Å². The molecule has 0 radical (unpaired) electrons. The lowest BCUT2D eigenvalue weighted by molar-refractivity contribution is -0.146. The van der Waals surface area contributed by atoms with Gasteiger partial charge in [-0.15, -0.1) is 5.10 Å². The van der Waals surface area contributed by atoms with Gasteiger partial charge in [0.1, 0.15) is 5.69 Å². The molecule has 0 saturated heterocycles. The summed E-state index contributed by atoms with van der Waals surface area (Å²) in [5, 5.41) is 16.1. The highest BCUT2D eigenvalue weighted by Crippen LogP contribution is 2.31. The van der Waals surface area contributed by atoms with Crippen LogP contribution in [0.4, 0.5) is 13.2 Å². The Hall–Kier alpha value is -1.15. The molecule has 92 valence electrons. The van der Waals surface area contributed by atoms with Gasteiger partial charge in [0.2, 0.25) is 0 Å². The van der Waals surface area contributed by atoms with Crippen LogP contribution >= 0.6 is 0 Å². The largest absolute Gasteiger partial charge is 0.434 e. The van der Waals surface area contributed by atoms with Gasteiger partial charge in [0.05, 0.1) is 12.1 Å². The lowest BCUT2D eigenvalue weighted by atomic mass is 10.1. The van der Waals surface area contributed by atoms with Crippen LogP contribution < -0.4 is 5.73 Å². The summed E-state index contributed by atoms with van der Waals surface area (Å²) in [6, 6.07) is 0. The van der Waals surface area contributed by atoms with Gasteiger partial charge in [0.25, 0.3) is 0 Å². The first kappa shape index (κ1) is 12.9. The summed E-state index contributed by atoms with van der Waals surface area (Å²) in [6.07, 6.45) is -4.58. The fourth-order valence-electron chi connectivity index (χ4n) is 1.27. The number of nitrogens with two attached hydrogens (primary N) is 1. The third-order valence-electron chi connectivity index (χ3n) is 1.80. The highest BCUT2D eigenvalue weighted by Gasteiger charge is 2.39. The van der Waals surface area contributed by atoms with Crippen LogP contribution in [0.3, 0.4) is 0 Å². The molecule has 0 aliphatic heterocycles. The summed E-state index contributed by atoms with van der Waals surface area (Å²) in [4.78, 5) is 0. The van der Waals surface area contributed by atoms with E-state index in [1.165, 1.54) is 13.8 Å². The molecule has 8 heteroatoms. The number of hydrogen-bond acceptors (Lipinski definition) is 4. The zero-order valence-corrected chi connectivity index (χ0v) is 8.91. The summed E-state index contributed by atoms with van der Waals surface area (Å²) >= 11 is 0. The van der Waals surface area contributed by atoms with E-state index in [0.717, 1.165) is 0 Å². The normalized spacial score (nSPS) is 13.2. The van der Waals surface area contributed by atoms with Crippen LogP contribution in [-0.2, 0) is 19.3 Å². The van der Waals surface area contributed by atoms with E-state index in [4.69, 9.17) is 5.73 Å². The summed E-state index contributed by atoms with van der Waals surface area (Å²) in [7, 11) is 0. The van der Waals surface area contributed by atoms with Crippen LogP contribution in [0.1, 0.15) is 25.2 Å². The molecule has 1 heterocycles. The van der Waals surface area contributed by atoms with Crippen LogP contribution in [-0.4, -0.2) is 25.7 Å². The Morgan fingerprint density at radius 3 is 2.31 bits per heavy atom. The average Bonchev–Trinajstić information content (AvgIpc) is 2.43. The van der Waals surface area contributed by atoms with Crippen molar-refractivity contribution >= 4 is 0 Å². The van der Waals surface area contributed by atoms with E-state index in [0.29, 0.717) is 4.68 Å². The number of nitrogens with zero attached hydrogens (tertiary/aromatic N) is 3. The summed E-state index contributed by atoms with van der Waals surface area (Å²) in [5.41, 5.74) is 2.51.